The van der Waals surface area contributed by atoms with Gasteiger partial charge in [0.1, 0.15) is 9.57 Å². The fraction of sp³-hybridized carbons (Fsp3) is 0.474. The number of carbonyl (C=O) groups is 1. The zero-order chi connectivity index (χ0) is 18.7. The van der Waals surface area contributed by atoms with E-state index in [1.165, 1.54) is 16.0 Å². The standard InChI is InChI=1S/C19H24N2O2S3/c1-3-18(23)21-8-6-20(7-9-21)12-15-10-14(4-5-17(15)22)11-16-13(2)25-26-19(16)24/h4-5,10,22H,3,6-9,11-12H2,1-2H3. The Balaban J connectivity index is 1.67. The molecule has 2 aromatic rings. The number of rotatable bonds is 5. The van der Waals surface area contributed by atoms with Crippen molar-refractivity contribution in [2.45, 2.75) is 33.2 Å². The predicted octanol–water partition coefficient (Wildman–Crippen LogP) is 4.20. The average molecular weight is 409 g/mol. The molecule has 1 N–H and O–H groups in total. The van der Waals surface area contributed by atoms with Gasteiger partial charge >= 0.3 is 0 Å². The number of phenolic OH excluding ortho intramolecular Hbond substituents is 1. The van der Waals surface area contributed by atoms with Gasteiger partial charge in [0.15, 0.2) is 0 Å². The summed E-state index contributed by atoms with van der Waals surface area (Å²) >= 11 is 5.44. The summed E-state index contributed by atoms with van der Waals surface area (Å²) in [6, 6.07) is 5.86. The highest BCUT2D eigenvalue weighted by molar-refractivity contribution is 7.79. The molecule has 1 aliphatic rings. The molecular weight excluding hydrogens is 384 g/mol. The zero-order valence-corrected chi connectivity index (χ0v) is 17.6. The minimum absolute atomic E-state index is 0.224. The quantitative estimate of drug-likeness (QED) is 0.595. The van der Waals surface area contributed by atoms with Crippen LogP contribution in [0.15, 0.2) is 18.2 Å². The second-order valence-corrected chi connectivity index (χ2v) is 9.66. The maximum atomic E-state index is 11.8. The Morgan fingerprint density at radius 1 is 1.23 bits per heavy atom. The minimum Gasteiger partial charge on any atom is -0.508 e. The van der Waals surface area contributed by atoms with E-state index in [1.807, 2.05) is 17.9 Å². The van der Waals surface area contributed by atoms with Gasteiger partial charge in [0.05, 0.1) is 0 Å². The molecule has 140 valence electrons. The summed E-state index contributed by atoms with van der Waals surface area (Å²) in [5.74, 6) is 0.561. The van der Waals surface area contributed by atoms with Gasteiger partial charge in [-0.3, -0.25) is 9.69 Å². The molecule has 0 atom stereocenters. The van der Waals surface area contributed by atoms with E-state index >= 15 is 0 Å². The number of piperazine rings is 1. The highest BCUT2D eigenvalue weighted by atomic mass is 32.9. The fourth-order valence-electron chi connectivity index (χ4n) is 3.24. The molecule has 0 bridgehead atoms. The lowest BCUT2D eigenvalue weighted by molar-refractivity contribution is -0.132. The average Bonchev–Trinajstić information content (AvgIpc) is 2.96. The van der Waals surface area contributed by atoms with Crippen molar-refractivity contribution in [2.75, 3.05) is 26.2 Å². The molecule has 7 heteroatoms. The van der Waals surface area contributed by atoms with E-state index in [1.54, 1.807) is 26.7 Å². The van der Waals surface area contributed by atoms with Gasteiger partial charge < -0.3 is 10.0 Å². The van der Waals surface area contributed by atoms with E-state index in [2.05, 4.69) is 17.9 Å². The zero-order valence-electron chi connectivity index (χ0n) is 15.2. The SMILES string of the molecule is CCC(=O)N1CCN(Cc2cc(Cc3c(C)ssc3=S)ccc2O)CC1. The lowest BCUT2D eigenvalue weighted by Gasteiger charge is -2.34. The molecule has 3 rings (SSSR count). The van der Waals surface area contributed by atoms with Crippen molar-refractivity contribution >= 4 is 38.8 Å². The van der Waals surface area contributed by atoms with Crippen molar-refractivity contribution in [3.63, 3.8) is 0 Å². The number of phenols is 1. The van der Waals surface area contributed by atoms with E-state index in [-0.39, 0.29) is 5.91 Å². The maximum absolute atomic E-state index is 11.8. The van der Waals surface area contributed by atoms with E-state index in [0.717, 1.165) is 42.0 Å². The molecule has 2 heterocycles. The number of aromatic hydroxyl groups is 1. The topological polar surface area (TPSA) is 43.8 Å². The Kier molecular flexibility index (Phi) is 6.45. The van der Waals surface area contributed by atoms with Crippen molar-refractivity contribution < 1.29 is 9.90 Å². The van der Waals surface area contributed by atoms with Crippen molar-refractivity contribution in [3.05, 3.63) is 43.6 Å². The fourth-order valence-corrected chi connectivity index (χ4v) is 5.91. The lowest BCUT2D eigenvalue weighted by atomic mass is 10.0. The Bertz CT molecular complexity index is 836. The first-order valence-corrected chi connectivity index (χ1v) is 11.4. The molecule has 26 heavy (non-hydrogen) atoms. The highest BCUT2D eigenvalue weighted by Crippen LogP contribution is 2.28. The van der Waals surface area contributed by atoms with Gasteiger partial charge in [-0.2, -0.15) is 0 Å². The predicted molar refractivity (Wildman–Crippen MR) is 111 cm³/mol. The van der Waals surface area contributed by atoms with E-state index in [0.29, 0.717) is 18.7 Å². The van der Waals surface area contributed by atoms with Crippen LogP contribution in [0, 0.1) is 10.7 Å². The van der Waals surface area contributed by atoms with Crippen molar-refractivity contribution in [2.24, 2.45) is 0 Å². The van der Waals surface area contributed by atoms with Crippen LogP contribution in [0.1, 0.15) is 34.9 Å². The van der Waals surface area contributed by atoms with Crippen molar-refractivity contribution in [3.8, 4) is 5.75 Å². The number of benzene rings is 1. The number of hydrogen-bond donors (Lipinski definition) is 1. The summed E-state index contributed by atoms with van der Waals surface area (Å²) in [7, 11) is 3.40. The van der Waals surface area contributed by atoms with Crippen LogP contribution in [0.5, 0.6) is 5.75 Å². The molecule has 4 nitrogen and oxygen atoms in total. The Hall–Kier alpha value is -1.28. The van der Waals surface area contributed by atoms with Crippen LogP contribution in [0.2, 0.25) is 0 Å². The Morgan fingerprint density at radius 3 is 2.58 bits per heavy atom. The third-order valence-corrected chi connectivity index (χ3v) is 8.15. The first-order valence-electron chi connectivity index (χ1n) is 8.87. The van der Waals surface area contributed by atoms with Gasteiger partial charge in [-0.25, -0.2) is 0 Å². The number of hydrogen-bond acceptors (Lipinski definition) is 6. The first-order chi connectivity index (χ1) is 12.5. The molecule has 1 aromatic carbocycles. The summed E-state index contributed by atoms with van der Waals surface area (Å²) in [4.78, 5) is 17.3. The van der Waals surface area contributed by atoms with Crippen LogP contribution in [0.3, 0.4) is 0 Å². The molecule has 0 unspecified atom stereocenters. The van der Waals surface area contributed by atoms with Crippen LogP contribution in [0.4, 0.5) is 0 Å². The van der Waals surface area contributed by atoms with E-state index in [4.69, 9.17) is 12.2 Å². The number of amides is 1. The molecule has 0 radical (unpaired) electrons. The highest BCUT2D eigenvalue weighted by Gasteiger charge is 2.20. The monoisotopic (exact) mass is 408 g/mol. The van der Waals surface area contributed by atoms with E-state index in [9.17, 15) is 9.90 Å². The van der Waals surface area contributed by atoms with Crippen molar-refractivity contribution in [1.82, 2.24) is 9.80 Å². The van der Waals surface area contributed by atoms with Crippen LogP contribution >= 0.6 is 32.9 Å². The molecule has 1 amide bonds. The van der Waals surface area contributed by atoms with Crippen LogP contribution < -0.4 is 0 Å². The normalized spacial score (nSPS) is 15.4. The van der Waals surface area contributed by atoms with Crippen LogP contribution in [0.25, 0.3) is 0 Å². The molecule has 1 fully saturated rings. The molecule has 1 saturated heterocycles. The molecule has 0 spiro atoms. The maximum Gasteiger partial charge on any atom is 0.222 e. The van der Waals surface area contributed by atoms with Crippen LogP contribution in [-0.2, 0) is 17.8 Å². The second-order valence-electron chi connectivity index (χ2n) is 6.64. The Morgan fingerprint density at radius 2 is 1.96 bits per heavy atom. The first kappa shape index (κ1) is 19.5. The Labute approximate surface area is 167 Å². The molecule has 0 saturated carbocycles. The van der Waals surface area contributed by atoms with Gasteiger partial charge in [-0.1, -0.05) is 52.0 Å². The van der Waals surface area contributed by atoms with Crippen LogP contribution in [-0.4, -0.2) is 47.0 Å². The number of aryl methyl sites for hydroxylation is 1. The van der Waals surface area contributed by atoms with Gasteiger partial charge in [0.25, 0.3) is 0 Å². The lowest BCUT2D eigenvalue weighted by Crippen LogP contribution is -2.48. The summed E-state index contributed by atoms with van der Waals surface area (Å²) < 4.78 is 0.971. The van der Waals surface area contributed by atoms with Gasteiger partial charge in [-0.15, -0.1) is 0 Å². The summed E-state index contributed by atoms with van der Waals surface area (Å²) in [5, 5.41) is 10.3. The van der Waals surface area contributed by atoms with Crippen molar-refractivity contribution in [1.29, 1.82) is 0 Å². The second kappa shape index (κ2) is 8.61. The third-order valence-electron chi connectivity index (χ3n) is 4.86. The number of nitrogens with zero attached hydrogens (tertiary/aromatic N) is 2. The van der Waals surface area contributed by atoms with Gasteiger partial charge in [-0.05, 0) is 24.1 Å². The molecule has 1 aliphatic heterocycles. The minimum atomic E-state index is 0.224. The largest absolute Gasteiger partial charge is 0.508 e. The van der Waals surface area contributed by atoms with Gasteiger partial charge in [0, 0.05) is 56.0 Å². The molecular formula is C19H24N2O2S3. The third kappa shape index (κ3) is 4.52. The smallest absolute Gasteiger partial charge is 0.222 e. The molecule has 0 aliphatic carbocycles. The van der Waals surface area contributed by atoms with Gasteiger partial charge in [0.2, 0.25) is 5.91 Å². The summed E-state index contributed by atoms with van der Waals surface area (Å²) in [6.45, 7) is 7.95. The summed E-state index contributed by atoms with van der Waals surface area (Å²) in [6.07, 6.45) is 1.38. The molecule has 1 aromatic heterocycles. The summed E-state index contributed by atoms with van der Waals surface area (Å²) in [5.41, 5.74) is 3.36. The van der Waals surface area contributed by atoms with E-state index < -0.39 is 0 Å². The number of carbonyl (C=O) groups excluding carboxylic acids is 1.